The SMILES string of the molecule is Cl.O=C(N[C@@H]1C[C@H]2CC[C@@H]1CN2)c1cc(Cl)cc(Cl)c1O. The lowest BCUT2D eigenvalue weighted by atomic mass is 9.77. The number of carbonyl (C=O) groups excluding carboxylic acids is 1. The van der Waals surface area contributed by atoms with Crippen LogP contribution in [-0.2, 0) is 0 Å². The van der Waals surface area contributed by atoms with Crippen LogP contribution in [0.1, 0.15) is 29.6 Å². The summed E-state index contributed by atoms with van der Waals surface area (Å²) in [6, 6.07) is 3.50. The number of phenols is 1. The molecule has 7 heteroatoms. The van der Waals surface area contributed by atoms with E-state index in [2.05, 4.69) is 10.6 Å². The Hall–Kier alpha value is -0.680. The lowest BCUT2D eigenvalue weighted by molar-refractivity contribution is 0.0856. The van der Waals surface area contributed by atoms with Crippen molar-refractivity contribution in [1.82, 2.24) is 10.6 Å². The molecule has 1 saturated carbocycles. The molecule has 1 aromatic carbocycles. The number of carbonyl (C=O) groups is 1. The molecule has 1 aliphatic carbocycles. The molecule has 3 N–H and O–H groups in total. The first-order valence-corrected chi connectivity index (χ1v) is 7.52. The average molecular weight is 352 g/mol. The second-order valence-electron chi connectivity index (χ2n) is 5.54. The topological polar surface area (TPSA) is 61.4 Å². The van der Waals surface area contributed by atoms with E-state index >= 15 is 0 Å². The third-order valence-corrected chi connectivity index (χ3v) is 4.76. The van der Waals surface area contributed by atoms with E-state index in [-0.39, 0.29) is 40.7 Å². The summed E-state index contributed by atoms with van der Waals surface area (Å²) in [7, 11) is 0. The maximum Gasteiger partial charge on any atom is 0.255 e. The Morgan fingerprint density at radius 2 is 2.10 bits per heavy atom. The van der Waals surface area contributed by atoms with Crippen molar-refractivity contribution in [1.29, 1.82) is 0 Å². The lowest BCUT2D eigenvalue weighted by Gasteiger charge is -2.43. The molecule has 0 spiro atoms. The van der Waals surface area contributed by atoms with E-state index in [1.165, 1.54) is 18.6 Å². The fourth-order valence-corrected chi connectivity index (χ4v) is 3.64. The third kappa shape index (κ3) is 3.39. The Labute approximate surface area is 139 Å². The molecule has 3 atom stereocenters. The highest BCUT2D eigenvalue weighted by Crippen LogP contribution is 2.33. The van der Waals surface area contributed by atoms with Crippen molar-refractivity contribution < 1.29 is 9.90 Å². The number of hydrogen-bond acceptors (Lipinski definition) is 3. The zero-order chi connectivity index (χ0) is 14.3. The van der Waals surface area contributed by atoms with Crippen LogP contribution in [0.2, 0.25) is 10.0 Å². The molecule has 0 radical (unpaired) electrons. The van der Waals surface area contributed by atoms with E-state index in [1.807, 2.05) is 0 Å². The van der Waals surface area contributed by atoms with E-state index in [0.717, 1.165) is 19.4 Å². The quantitative estimate of drug-likeness (QED) is 0.767. The van der Waals surface area contributed by atoms with Crippen LogP contribution in [-0.4, -0.2) is 29.6 Å². The number of phenolic OH excluding ortho intramolecular Hbond substituents is 1. The van der Waals surface area contributed by atoms with Gasteiger partial charge in [-0.2, -0.15) is 0 Å². The molecule has 2 heterocycles. The number of rotatable bonds is 2. The van der Waals surface area contributed by atoms with E-state index in [4.69, 9.17) is 23.2 Å². The second-order valence-corrected chi connectivity index (χ2v) is 6.39. The van der Waals surface area contributed by atoms with Gasteiger partial charge in [-0.1, -0.05) is 23.2 Å². The summed E-state index contributed by atoms with van der Waals surface area (Å²) in [5.74, 6) is -0.0714. The lowest BCUT2D eigenvalue weighted by Crippen LogP contribution is -2.57. The van der Waals surface area contributed by atoms with Crippen molar-refractivity contribution in [3.8, 4) is 5.75 Å². The number of fused-ring (bicyclic) bond motifs is 3. The minimum Gasteiger partial charge on any atom is -0.506 e. The van der Waals surface area contributed by atoms with Crippen LogP contribution in [0.4, 0.5) is 0 Å². The van der Waals surface area contributed by atoms with E-state index in [0.29, 0.717) is 17.0 Å². The number of piperidine rings is 2. The Morgan fingerprint density at radius 3 is 2.67 bits per heavy atom. The van der Waals surface area contributed by atoms with Crippen molar-refractivity contribution in [2.75, 3.05) is 6.54 Å². The van der Waals surface area contributed by atoms with Crippen molar-refractivity contribution in [2.24, 2.45) is 5.92 Å². The van der Waals surface area contributed by atoms with Gasteiger partial charge in [-0.05, 0) is 37.3 Å². The molecule has 0 unspecified atom stereocenters. The number of hydrogen-bond donors (Lipinski definition) is 3. The first-order chi connectivity index (χ1) is 9.54. The molecule has 21 heavy (non-hydrogen) atoms. The summed E-state index contributed by atoms with van der Waals surface area (Å²) in [4.78, 5) is 12.3. The molecule has 2 aliphatic heterocycles. The summed E-state index contributed by atoms with van der Waals surface area (Å²) in [5.41, 5.74) is 0.136. The van der Waals surface area contributed by atoms with Gasteiger partial charge in [0.05, 0.1) is 10.6 Å². The average Bonchev–Trinajstić information content (AvgIpc) is 2.44. The van der Waals surface area contributed by atoms with Crippen LogP contribution in [0, 0.1) is 5.92 Å². The fourth-order valence-electron chi connectivity index (χ4n) is 3.14. The molecular formula is C14H17Cl3N2O2. The van der Waals surface area contributed by atoms with Crippen molar-refractivity contribution in [3.05, 3.63) is 27.7 Å². The van der Waals surface area contributed by atoms with Gasteiger partial charge in [0.15, 0.2) is 0 Å². The maximum atomic E-state index is 12.3. The van der Waals surface area contributed by atoms with E-state index in [9.17, 15) is 9.90 Å². The molecular weight excluding hydrogens is 335 g/mol. The Bertz CT molecular complexity index is 545. The van der Waals surface area contributed by atoms with E-state index in [1.54, 1.807) is 0 Å². The monoisotopic (exact) mass is 350 g/mol. The van der Waals surface area contributed by atoms with Gasteiger partial charge in [0.1, 0.15) is 5.75 Å². The molecule has 4 nitrogen and oxygen atoms in total. The molecule has 116 valence electrons. The van der Waals surface area contributed by atoms with Gasteiger partial charge in [-0.15, -0.1) is 12.4 Å². The number of aromatic hydroxyl groups is 1. The summed E-state index contributed by atoms with van der Waals surface area (Å²) < 4.78 is 0. The molecule has 1 aromatic rings. The minimum absolute atomic E-state index is 0. The predicted octanol–water partition coefficient (Wildman–Crippen LogP) is 2.99. The van der Waals surface area contributed by atoms with Crippen LogP contribution < -0.4 is 10.6 Å². The number of benzene rings is 1. The molecule has 4 rings (SSSR count). The highest BCUT2D eigenvalue weighted by molar-refractivity contribution is 6.36. The second kappa shape index (κ2) is 6.61. The molecule has 2 saturated heterocycles. The van der Waals surface area contributed by atoms with Crippen LogP contribution in [0.25, 0.3) is 0 Å². The Kier molecular flexibility index (Phi) is 5.25. The largest absolute Gasteiger partial charge is 0.506 e. The van der Waals surface area contributed by atoms with Gasteiger partial charge in [0.25, 0.3) is 5.91 Å². The zero-order valence-corrected chi connectivity index (χ0v) is 13.6. The molecule has 1 amide bonds. The van der Waals surface area contributed by atoms with Gasteiger partial charge in [0.2, 0.25) is 0 Å². The third-order valence-electron chi connectivity index (χ3n) is 4.25. The summed E-state index contributed by atoms with van der Waals surface area (Å²) in [5, 5.41) is 16.8. The summed E-state index contributed by atoms with van der Waals surface area (Å²) >= 11 is 11.7. The highest BCUT2D eigenvalue weighted by atomic mass is 35.5. The number of amides is 1. The standard InChI is InChI=1S/C14H16Cl2N2O2.ClH/c15-8-3-10(13(19)11(16)4-8)14(20)18-12-5-9-2-1-7(12)6-17-9;/h3-4,7,9,12,17,19H,1-2,5-6H2,(H,18,20);1H/t7-,9-,12-;/m1./s1. The molecule has 2 bridgehead atoms. The first kappa shape index (κ1) is 16.7. The van der Waals surface area contributed by atoms with Gasteiger partial charge < -0.3 is 15.7 Å². The van der Waals surface area contributed by atoms with Crippen LogP contribution >= 0.6 is 35.6 Å². The molecule has 0 aromatic heterocycles. The molecule has 3 aliphatic rings. The van der Waals surface area contributed by atoms with Crippen molar-refractivity contribution in [3.63, 3.8) is 0 Å². The number of halogens is 3. The summed E-state index contributed by atoms with van der Waals surface area (Å²) in [6.07, 6.45) is 3.24. The molecule has 3 fully saturated rings. The highest BCUT2D eigenvalue weighted by Gasteiger charge is 2.36. The van der Waals surface area contributed by atoms with Gasteiger partial charge >= 0.3 is 0 Å². The summed E-state index contributed by atoms with van der Waals surface area (Å²) in [6.45, 7) is 0.942. The van der Waals surface area contributed by atoms with Crippen LogP contribution in [0.5, 0.6) is 5.75 Å². The van der Waals surface area contributed by atoms with Crippen LogP contribution in [0.15, 0.2) is 12.1 Å². The van der Waals surface area contributed by atoms with Crippen LogP contribution in [0.3, 0.4) is 0 Å². The van der Waals surface area contributed by atoms with Gasteiger partial charge in [-0.3, -0.25) is 4.79 Å². The van der Waals surface area contributed by atoms with Gasteiger partial charge in [-0.25, -0.2) is 0 Å². The first-order valence-electron chi connectivity index (χ1n) is 6.77. The normalized spacial score (nSPS) is 27.0. The van der Waals surface area contributed by atoms with Crippen molar-refractivity contribution >= 4 is 41.5 Å². The Morgan fingerprint density at radius 1 is 1.33 bits per heavy atom. The smallest absolute Gasteiger partial charge is 0.255 e. The van der Waals surface area contributed by atoms with Crippen molar-refractivity contribution in [2.45, 2.75) is 31.3 Å². The van der Waals surface area contributed by atoms with E-state index < -0.39 is 0 Å². The predicted molar refractivity (Wildman–Crippen MR) is 85.8 cm³/mol. The zero-order valence-electron chi connectivity index (χ0n) is 11.2. The number of nitrogens with one attached hydrogen (secondary N) is 2. The van der Waals surface area contributed by atoms with Gasteiger partial charge in [0, 0.05) is 23.7 Å². The Balaban J connectivity index is 0.00000161. The fraction of sp³-hybridized carbons (Fsp3) is 0.500. The minimum atomic E-state index is -0.315. The maximum absolute atomic E-state index is 12.3.